The number of amides is 1. The number of carbonyl (C=O) groups excluding carboxylic acids is 2. The van der Waals surface area contributed by atoms with Crippen LogP contribution in [0.15, 0.2) is 11.6 Å². The van der Waals surface area contributed by atoms with Gasteiger partial charge in [0.25, 0.3) is 0 Å². The van der Waals surface area contributed by atoms with E-state index in [1.54, 1.807) is 12.5 Å². The Balaban J connectivity index is 1.55. The van der Waals surface area contributed by atoms with Crippen LogP contribution in [0.4, 0.5) is 0 Å². The summed E-state index contributed by atoms with van der Waals surface area (Å²) in [6.45, 7) is 8.08. The monoisotopic (exact) mass is 373 g/mol. The third-order valence-corrected chi connectivity index (χ3v) is 8.77. The van der Waals surface area contributed by atoms with Gasteiger partial charge in [-0.05, 0) is 73.5 Å². The minimum absolute atomic E-state index is 0.0721. The topological polar surface area (TPSA) is 55.4 Å². The molecule has 4 aliphatic carbocycles. The van der Waals surface area contributed by atoms with Gasteiger partial charge in [-0.25, -0.2) is 0 Å². The van der Waals surface area contributed by atoms with Gasteiger partial charge in [0, 0.05) is 26.3 Å². The summed E-state index contributed by atoms with van der Waals surface area (Å²) in [5, 5.41) is 3.26. The standard InChI is InChI=1S/C23H35NO3/c1-14(25)24-21-8-7-19-18-6-5-16-13-17(27-15(2)26)9-11-22(16,3)20(18)10-12-23(19,21)4/h5,17-21H,6-13H2,1-4H3,(H,24,25)/t17-,18+,19-,20-,21-,22+,23+/m1/s1. The summed E-state index contributed by atoms with van der Waals surface area (Å²) in [6, 6.07) is 0.346. The molecule has 1 N–H and O–H groups in total. The first-order valence-corrected chi connectivity index (χ1v) is 10.9. The van der Waals surface area contributed by atoms with Gasteiger partial charge < -0.3 is 10.1 Å². The van der Waals surface area contributed by atoms with Gasteiger partial charge in [0.1, 0.15) is 6.10 Å². The lowest BCUT2D eigenvalue weighted by Gasteiger charge is -2.58. The van der Waals surface area contributed by atoms with Crippen molar-refractivity contribution in [3.05, 3.63) is 11.6 Å². The van der Waals surface area contributed by atoms with Crippen molar-refractivity contribution < 1.29 is 14.3 Å². The number of hydrogen-bond donors (Lipinski definition) is 1. The van der Waals surface area contributed by atoms with Crippen LogP contribution in [0.1, 0.15) is 79.1 Å². The normalized spacial score (nSPS) is 45.8. The fourth-order valence-corrected chi connectivity index (χ4v) is 7.45. The Bertz CT molecular complexity index is 671. The summed E-state index contributed by atoms with van der Waals surface area (Å²) in [5.74, 6) is 2.16. The Morgan fingerprint density at radius 1 is 1.07 bits per heavy atom. The molecule has 3 fully saturated rings. The largest absolute Gasteiger partial charge is 0.462 e. The van der Waals surface area contributed by atoms with Crippen LogP contribution in [0.3, 0.4) is 0 Å². The summed E-state index contributed by atoms with van der Waals surface area (Å²) >= 11 is 0. The lowest BCUT2D eigenvalue weighted by Crippen LogP contribution is -2.53. The van der Waals surface area contributed by atoms with Crippen LogP contribution >= 0.6 is 0 Å². The zero-order chi connectivity index (χ0) is 19.4. The van der Waals surface area contributed by atoms with E-state index >= 15 is 0 Å². The molecule has 4 heteroatoms. The van der Waals surface area contributed by atoms with Crippen molar-refractivity contribution in [1.29, 1.82) is 0 Å². The van der Waals surface area contributed by atoms with Crippen molar-refractivity contribution in [1.82, 2.24) is 5.32 Å². The first kappa shape index (κ1) is 19.0. The molecule has 7 atom stereocenters. The molecule has 1 amide bonds. The zero-order valence-corrected chi connectivity index (χ0v) is 17.3. The number of allylic oxidation sites excluding steroid dienone is 1. The second kappa shape index (κ2) is 6.63. The number of nitrogens with one attached hydrogen (secondary N) is 1. The number of esters is 1. The molecule has 150 valence electrons. The summed E-state index contributed by atoms with van der Waals surface area (Å²) in [4.78, 5) is 23.1. The van der Waals surface area contributed by atoms with Crippen molar-refractivity contribution in [2.24, 2.45) is 28.6 Å². The van der Waals surface area contributed by atoms with E-state index < -0.39 is 0 Å². The van der Waals surface area contributed by atoms with E-state index in [-0.39, 0.29) is 28.8 Å². The molecule has 0 aromatic carbocycles. The Hall–Kier alpha value is -1.32. The molecule has 0 spiro atoms. The molecule has 0 unspecified atom stereocenters. The van der Waals surface area contributed by atoms with Crippen LogP contribution in [0.2, 0.25) is 0 Å². The molecule has 0 radical (unpaired) electrons. The average Bonchev–Trinajstić information content (AvgIpc) is 2.91. The highest BCUT2D eigenvalue weighted by atomic mass is 16.5. The summed E-state index contributed by atoms with van der Waals surface area (Å²) in [7, 11) is 0. The van der Waals surface area contributed by atoms with E-state index in [0.717, 1.165) is 43.9 Å². The van der Waals surface area contributed by atoms with Crippen LogP contribution in [-0.2, 0) is 14.3 Å². The molecule has 0 aromatic rings. The Labute approximate surface area is 163 Å². The lowest BCUT2D eigenvalue weighted by atomic mass is 9.48. The number of fused-ring (bicyclic) bond motifs is 5. The molecule has 0 saturated heterocycles. The van der Waals surface area contributed by atoms with Crippen LogP contribution < -0.4 is 5.32 Å². The van der Waals surface area contributed by atoms with E-state index in [1.807, 2.05) is 0 Å². The van der Waals surface area contributed by atoms with Gasteiger partial charge in [0.2, 0.25) is 5.91 Å². The van der Waals surface area contributed by atoms with Gasteiger partial charge in [-0.15, -0.1) is 0 Å². The van der Waals surface area contributed by atoms with E-state index in [4.69, 9.17) is 4.74 Å². The van der Waals surface area contributed by atoms with Gasteiger partial charge in [-0.2, -0.15) is 0 Å². The molecule has 0 aliphatic heterocycles. The van der Waals surface area contributed by atoms with Gasteiger partial charge >= 0.3 is 5.97 Å². The van der Waals surface area contributed by atoms with E-state index in [2.05, 4.69) is 25.2 Å². The lowest BCUT2D eigenvalue weighted by molar-refractivity contribution is -0.148. The Kier molecular flexibility index (Phi) is 4.67. The van der Waals surface area contributed by atoms with E-state index in [1.165, 1.54) is 26.2 Å². The van der Waals surface area contributed by atoms with Crippen molar-refractivity contribution in [3.8, 4) is 0 Å². The van der Waals surface area contributed by atoms with Crippen molar-refractivity contribution >= 4 is 11.9 Å². The molecule has 4 rings (SSSR count). The predicted octanol–water partition coefficient (Wildman–Crippen LogP) is 4.39. The van der Waals surface area contributed by atoms with Gasteiger partial charge in [-0.3, -0.25) is 9.59 Å². The molecule has 0 aromatic heterocycles. The van der Waals surface area contributed by atoms with Crippen molar-refractivity contribution in [3.63, 3.8) is 0 Å². The molecule has 3 saturated carbocycles. The Morgan fingerprint density at radius 2 is 1.85 bits per heavy atom. The molecule has 27 heavy (non-hydrogen) atoms. The summed E-state index contributed by atoms with van der Waals surface area (Å²) in [5.41, 5.74) is 2.07. The maximum atomic E-state index is 11.7. The maximum Gasteiger partial charge on any atom is 0.302 e. The van der Waals surface area contributed by atoms with Gasteiger partial charge in [0.05, 0.1) is 0 Å². The minimum atomic E-state index is -0.152. The fourth-order valence-electron chi connectivity index (χ4n) is 7.45. The minimum Gasteiger partial charge on any atom is -0.462 e. The molecule has 4 aliphatic rings. The van der Waals surface area contributed by atoms with E-state index in [0.29, 0.717) is 12.0 Å². The third kappa shape index (κ3) is 3.03. The first-order chi connectivity index (χ1) is 12.7. The highest BCUT2D eigenvalue weighted by Gasteiger charge is 2.58. The van der Waals surface area contributed by atoms with Crippen LogP contribution in [0, 0.1) is 28.6 Å². The quantitative estimate of drug-likeness (QED) is 0.577. The number of carbonyl (C=O) groups is 2. The first-order valence-electron chi connectivity index (χ1n) is 10.9. The zero-order valence-electron chi connectivity index (χ0n) is 17.3. The highest BCUT2D eigenvalue weighted by Crippen LogP contribution is 2.64. The average molecular weight is 374 g/mol. The SMILES string of the molecule is CC(=O)N[C@@H]1CC[C@@H]2[C@@H]3CC=C4C[C@H](OC(C)=O)CC[C@]4(C)[C@@H]3CC[C@@]21C. The van der Waals surface area contributed by atoms with Gasteiger partial charge in [0.15, 0.2) is 0 Å². The second-order valence-corrected chi connectivity index (χ2v) is 10.1. The fraction of sp³-hybridized carbons (Fsp3) is 0.826. The number of ether oxygens (including phenoxy) is 1. The van der Waals surface area contributed by atoms with Crippen LogP contribution in [0.25, 0.3) is 0 Å². The molecule has 0 bridgehead atoms. The Morgan fingerprint density at radius 3 is 2.56 bits per heavy atom. The number of hydrogen-bond acceptors (Lipinski definition) is 3. The van der Waals surface area contributed by atoms with Crippen molar-refractivity contribution in [2.75, 3.05) is 0 Å². The molecular weight excluding hydrogens is 338 g/mol. The molecule has 4 nitrogen and oxygen atoms in total. The van der Waals surface area contributed by atoms with Gasteiger partial charge in [-0.1, -0.05) is 25.5 Å². The second-order valence-electron chi connectivity index (χ2n) is 10.1. The molecular formula is C23H35NO3. The maximum absolute atomic E-state index is 11.7. The molecule has 0 heterocycles. The smallest absolute Gasteiger partial charge is 0.302 e. The van der Waals surface area contributed by atoms with E-state index in [9.17, 15) is 9.59 Å². The highest BCUT2D eigenvalue weighted by molar-refractivity contribution is 5.73. The summed E-state index contributed by atoms with van der Waals surface area (Å²) in [6.07, 6.45) is 11.6. The van der Waals surface area contributed by atoms with Crippen LogP contribution in [0.5, 0.6) is 0 Å². The summed E-state index contributed by atoms with van der Waals surface area (Å²) < 4.78 is 5.54. The van der Waals surface area contributed by atoms with Crippen LogP contribution in [-0.4, -0.2) is 24.0 Å². The predicted molar refractivity (Wildman–Crippen MR) is 105 cm³/mol. The third-order valence-electron chi connectivity index (χ3n) is 8.77. The number of rotatable bonds is 2. The van der Waals surface area contributed by atoms with Crippen molar-refractivity contribution in [2.45, 2.75) is 91.2 Å².